The van der Waals surface area contributed by atoms with Crippen LogP contribution >= 0.6 is 22.9 Å². The fraction of sp³-hybridized carbons (Fsp3) is 0.100. The minimum absolute atomic E-state index is 0.153. The van der Waals surface area contributed by atoms with E-state index in [1.165, 1.54) is 28.6 Å². The van der Waals surface area contributed by atoms with Crippen LogP contribution in [0, 0.1) is 0 Å². The Morgan fingerprint density at radius 3 is 2.81 bits per heavy atom. The van der Waals surface area contributed by atoms with Crippen molar-refractivity contribution >= 4 is 34.5 Å². The van der Waals surface area contributed by atoms with Crippen molar-refractivity contribution in [3.8, 4) is 0 Å². The van der Waals surface area contributed by atoms with Crippen LogP contribution in [0.5, 0.6) is 0 Å². The SMILES string of the molecule is CN(C(=O)c1ccsc1Cl)c1ccnnc1. The van der Waals surface area contributed by atoms with E-state index in [9.17, 15) is 4.79 Å². The van der Waals surface area contributed by atoms with Crippen LogP contribution in [0.4, 0.5) is 5.69 Å². The Kier molecular flexibility index (Phi) is 3.17. The minimum atomic E-state index is -0.153. The fourth-order valence-corrected chi connectivity index (χ4v) is 2.13. The van der Waals surface area contributed by atoms with Gasteiger partial charge in [0.25, 0.3) is 5.91 Å². The van der Waals surface area contributed by atoms with Crippen molar-refractivity contribution in [1.29, 1.82) is 0 Å². The van der Waals surface area contributed by atoms with Gasteiger partial charge in [0.15, 0.2) is 0 Å². The van der Waals surface area contributed by atoms with Gasteiger partial charge in [-0.15, -0.1) is 11.3 Å². The summed E-state index contributed by atoms with van der Waals surface area (Å²) in [7, 11) is 1.67. The monoisotopic (exact) mass is 253 g/mol. The normalized spacial score (nSPS) is 10.1. The number of carbonyl (C=O) groups is 1. The first-order valence-corrected chi connectivity index (χ1v) is 5.73. The third kappa shape index (κ3) is 2.05. The molecule has 0 saturated carbocycles. The topological polar surface area (TPSA) is 46.1 Å². The quantitative estimate of drug-likeness (QED) is 0.826. The highest BCUT2D eigenvalue weighted by molar-refractivity contribution is 7.14. The Balaban J connectivity index is 2.27. The molecule has 0 saturated heterocycles. The number of carbonyl (C=O) groups excluding carboxylic acids is 1. The molecule has 0 unspecified atom stereocenters. The molecule has 4 nitrogen and oxygen atoms in total. The maximum absolute atomic E-state index is 12.0. The third-order valence-corrected chi connectivity index (χ3v) is 3.28. The van der Waals surface area contributed by atoms with Crippen LogP contribution in [0.25, 0.3) is 0 Å². The van der Waals surface area contributed by atoms with Crippen LogP contribution in [0.15, 0.2) is 29.9 Å². The van der Waals surface area contributed by atoms with Gasteiger partial charge in [-0.05, 0) is 17.5 Å². The highest BCUT2D eigenvalue weighted by Gasteiger charge is 2.17. The lowest BCUT2D eigenvalue weighted by atomic mass is 10.3. The van der Waals surface area contributed by atoms with E-state index in [2.05, 4.69) is 10.2 Å². The average molecular weight is 254 g/mol. The van der Waals surface area contributed by atoms with Crippen molar-refractivity contribution in [3.05, 3.63) is 39.8 Å². The van der Waals surface area contributed by atoms with E-state index >= 15 is 0 Å². The molecule has 2 rings (SSSR count). The number of hydrogen-bond donors (Lipinski definition) is 0. The van der Waals surface area contributed by atoms with E-state index in [1.807, 2.05) is 0 Å². The van der Waals surface area contributed by atoms with Gasteiger partial charge in [0, 0.05) is 7.05 Å². The lowest BCUT2D eigenvalue weighted by molar-refractivity contribution is 0.0993. The second-order valence-corrected chi connectivity index (χ2v) is 4.59. The van der Waals surface area contributed by atoms with E-state index in [1.54, 1.807) is 24.6 Å². The highest BCUT2D eigenvalue weighted by Crippen LogP contribution is 2.25. The molecule has 2 aromatic heterocycles. The van der Waals surface area contributed by atoms with E-state index < -0.39 is 0 Å². The van der Waals surface area contributed by atoms with Crippen molar-refractivity contribution in [2.24, 2.45) is 0 Å². The molecule has 0 atom stereocenters. The molecule has 0 bridgehead atoms. The Labute approximate surface area is 101 Å². The Bertz CT molecular complexity index is 500. The van der Waals surface area contributed by atoms with Crippen molar-refractivity contribution in [2.45, 2.75) is 0 Å². The van der Waals surface area contributed by atoms with Crippen LogP contribution in [0.2, 0.25) is 4.34 Å². The molecule has 0 aliphatic rings. The molecule has 82 valence electrons. The van der Waals surface area contributed by atoms with Crippen molar-refractivity contribution in [1.82, 2.24) is 10.2 Å². The second kappa shape index (κ2) is 4.59. The van der Waals surface area contributed by atoms with Gasteiger partial charge in [0.2, 0.25) is 0 Å². The summed E-state index contributed by atoms with van der Waals surface area (Å²) in [5.74, 6) is -0.153. The van der Waals surface area contributed by atoms with Crippen molar-refractivity contribution in [3.63, 3.8) is 0 Å². The summed E-state index contributed by atoms with van der Waals surface area (Å²) in [5, 5.41) is 9.16. The van der Waals surface area contributed by atoms with Crippen LogP contribution in [0.1, 0.15) is 10.4 Å². The highest BCUT2D eigenvalue weighted by atomic mass is 35.5. The fourth-order valence-electron chi connectivity index (χ4n) is 1.23. The van der Waals surface area contributed by atoms with Gasteiger partial charge in [0.05, 0.1) is 23.6 Å². The second-order valence-electron chi connectivity index (χ2n) is 3.07. The molecular formula is C10H8ClN3OS. The average Bonchev–Trinajstić information content (AvgIpc) is 2.75. The van der Waals surface area contributed by atoms with Gasteiger partial charge in [-0.1, -0.05) is 11.6 Å². The van der Waals surface area contributed by atoms with Crippen LogP contribution < -0.4 is 4.90 Å². The van der Waals surface area contributed by atoms with Crippen molar-refractivity contribution < 1.29 is 4.79 Å². The van der Waals surface area contributed by atoms with E-state index in [0.29, 0.717) is 15.6 Å². The molecule has 6 heteroatoms. The number of rotatable bonds is 2. The largest absolute Gasteiger partial charge is 0.310 e. The van der Waals surface area contributed by atoms with Crippen LogP contribution in [-0.2, 0) is 0 Å². The molecule has 0 fully saturated rings. The molecule has 1 amide bonds. The van der Waals surface area contributed by atoms with E-state index in [0.717, 1.165) is 0 Å². The number of halogens is 1. The molecule has 0 aliphatic carbocycles. The standard InChI is InChI=1S/C10H8ClN3OS/c1-14(7-2-4-12-13-6-7)10(15)8-3-5-16-9(8)11/h2-6H,1H3. The van der Waals surface area contributed by atoms with Gasteiger partial charge in [-0.2, -0.15) is 10.2 Å². The number of anilines is 1. The lowest BCUT2D eigenvalue weighted by Gasteiger charge is -2.15. The summed E-state index contributed by atoms with van der Waals surface area (Å²) < 4.78 is 0.499. The zero-order valence-corrected chi connectivity index (χ0v) is 10.00. The predicted molar refractivity (Wildman–Crippen MR) is 64.1 cm³/mol. The molecule has 16 heavy (non-hydrogen) atoms. The number of amides is 1. The van der Waals surface area contributed by atoms with Gasteiger partial charge in [0.1, 0.15) is 4.34 Å². The first-order chi connectivity index (χ1) is 7.70. The number of hydrogen-bond acceptors (Lipinski definition) is 4. The van der Waals surface area contributed by atoms with Gasteiger partial charge in [-0.25, -0.2) is 0 Å². The Morgan fingerprint density at radius 1 is 1.44 bits per heavy atom. The molecule has 0 aromatic carbocycles. The zero-order chi connectivity index (χ0) is 11.5. The first-order valence-electron chi connectivity index (χ1n) is 4.48. The summed E-state index contributed by atoms with van der Waals surface area (Å²) in [5.41, 5.74) is 1.19. The molecule has 0 N–H and O–H groups in total. The molecular weight excluding hydrogens is 246 g/mol. The predicted octanol–water partition coefficient (Wildman–Crippen LogP) is 2.47. The third-order valence-electron chi connectivity index (χ3n) is 2.11. The van der Waals surface area contributed by atoms with Gasteiger partial charge >= 0.3 is 0 Å². The number of aromatic nitrogens is 2. The maximum atomic E-state index is 12.0. The van der Waals surface area contributed by atoms with Crippen molar-refractivity contribution in [2.75, 3.05) is 11.9 Å². The summed E-state index contributed by atoms with van der Waals surface area (Å²) in [4.78, 5) is 13.5. The first kappa shape index (κ1) is 11.0. The minimum Gasteiger partial charge on any atom is -0.310 e. The zero-order valence-electron chi connectivity index (χ0n) is 8.42. The molecule has 0 spiro atoms. The molecule has 0 aliphatic heterocycles. The Hall–Kier alpha value is -1.46. The molecule has 2 aromatic rings. The lowest BCUT2D eigenvalue weighted by Crippen LogP contribution is -2.26. The van der Waals surface area contributed by atoms with Crippen LogP contribution in [0.3, 0.4) is 0 Å². The smallest absolute Gasteiger partial charge is 0.260 e. The summed E-state index contributed by atoms with van der Waals surface area (Å²) in [6, 6.07) is 3.42. The summed E-state index contributed by atoms with van der Waals surface area (Å²) in [6.45, 7) is 0. The maximum Gasteiger partial charge on any atom is 0.260 e. The summed E-state index contributed by atoms with van der Waals surface area (Å²) in [6.07, 6.45) is 3.06. The Morgan fingerprint density at radius 2 is 2.25 bits per heavy atom. The number of nitrogens with zero attached hydrogens (tertiary/aromatic N) is 3. The number of thiophene rings is 1. The van der Waals surface area contributed by atoms with Crippen LogP contribution in [-0.4, -0.2) is 23.2 Å². The van der Waals surface area contributed by atoms with E-state index in [-0.39, 0.29) is 5.91 Å². The van der Waals surface area contributed by atoms with Gasteiger partial charge in [-0.3, -0.25) is 4.79 Å². The molecule has 2 heterocycles. The van der Waals surface area contributed by atoms with E-state index in [4.69, 9.17) is 11.6 Å². The molecule has 0 radical (unpaired) electrons. The summed E-state index contributed by atoms with van der Waals surface area (Å²) >= 11 is 7.24. The van der Waals surface area contributed by atoms with Gasteiger partial charge < -0.3 is 4.90 Å².